The zero-order valence-corrected chi connectivity index (χ0v) is 12.4. The van der Waals surface area contributed by atoms with Crippen LogP contribution in [0.2, 0.25) is 10.0 Å². The van der Waals surface area contributed by atoms with E-state index in [1.54, 1.807) is 24.3 Å². The molecule has 0 aliphatic rings. The van der Waals surface area contributed by atoms with Crippen LogP contribution in [0.3, 0.4) is 0 Å². The smallest absolute Gasteiger partial charge is 0.244 e. The van der Waals surface area contributed by atoms with Gasteiger partial charge in [-0.3, -0.25) is 4.79 Å². The highest BCUT2D eigenvalue weighted by atomic mass is 35.5. The second-order valence-corrected chi connectivity index (χ2v) is 5.40. The van der Waals surface area contributed by atoms with Gasteiger partial charge in [-0.15, -0.1) is 0 Å². The van der Waals surface area contributed by atoms with E-state index in [1.807, 2.05) is 13.8 Å². The molecule has 3 nitrogen and oxygen atoms in total. The van der Waals surface area contributed by atoms with Crippen LogP contribution in [0.1, 0.15) is 19.4 Å². The highest BCUT2D eigenvalue weighted by Crippen LogP contribution is 2.21. The number of amides is 1. The molecule has 0 fully saturated rings. The number of hydrogen-bond donors (Lipinski definition) is 2. The minimum absolute atomic E-state index is 0.106. The minimum atomic E-state index is -0.545. The van der Waals surface area contributed by atoms with Gasteiger partial charge in [0, 0.05) is 22.7 Å². The Morgan fingerprint density at radius 3 is 2.68 bits per heavy atom. The molecule has 0 spiro atoms. The number of nitrogens with one attached hydrogen (secondary N) is 1. The van der Waals surface area contributed by atoms with Gasteiger partial charge < -0.3 is 10.4 Å². The summed E-state index contributed by atoms with van der Waals surface area (Å²) in [5, 5.41) is 13.2. The van der Waals surface area contributed by atoms with Crippen molar-refractivity contribution < 1.29 is 9.90 Å². The monoisotopic (exact) mass is 301 g/mol. The molecule has 5 heteroatoms. The molecule has 0 saturated carbocycles. The number of aliphatic hydroxyl groups excluding tert-OH is 1. The van der Waals surface area contributed by atoms with Gasteiger partial charge in [-0.25, -0.2) is 0 Å². The third-order valence-corrected chi connectivity index (χ3v) is 3.19. The van der Waals surface area contributed by atoms with Crippen LogP contribution in [0.4, 0.5) is 0 Å². The molecule has 0 bridgehead atoms. The maximum absolute atomic E-state index is 11.5. The van der Waals surface area contributed by atoms with Gasteiger partial charge in [0.05, 0.1) is 6.10 Å². The fraction of sp³-hybridized carbons (Fsp3) is 0.357. The van der Waals surface area contributed by atoms with Crippen LogP contribution < -0.4 is 5.32 Å². The van der Waals surface area contributed by atoms with Gasteiger partial charge in [-0.1, -0.05) is 43.1 Å². The predicted molar refractivity (Wildman–Crippen MR) is 79.4 cm³/mol. The van der Waals surface area contributed by atoms with Crippen molar-refractivity contribution in [3.05, 3.63) is 39.9 Å². The van der Waals surface area contributed by atoms with Crippen LogP contribution in [-0.2, 0) is 4.79 Å². The number of benzene rings is 1. The Morgan fingerprint density at radius 1 is 1.42 bits per heavy atom. The van der Waals surface area contributed by atoms with Crippen molar-refractivity contribution in [2.24, 2.45) is 5.92 Å². The first-order chi connectivity index (χ1) is 8.90. The SMILES string of the molecule is CC(C)C(O)CNC(=O)/C=C/c1ccc(Cl)cc1Cl. The summed E-state index contributed by atoms with van der Waals surface area (Å²) >= 11 is 11.8. The van der Waals surface area contributed by atoms with Crippen molar-refractivity contribution in [2.75, 3.05) is 6.54 Å². The molecule has 1 amide bonds. The minimum Gasteiger partial charge on any atom is -0.391 e. The van der Waals surface area contributed by atoms with Crippen molar-refractivity contribution in [2.45, 2.75) is 20.0 Å². The van der Waals surface area contributed by atoms with E-state index in [2.05, 4.69) is 5.32 Å². The van der Waals surface area contributed by atoms with Gasteiger partial charge in [0.1, 0.15) is 0 Å². The van der Waals surface area contributed by atoms with Gasteiger partial charge in [-0.05, 0) is 29.7 Å². The zero-order valence-electron chi connectivity index (χ0n) is 10.9. The lowest BCUT2D eigenvalue weighted by Gasteiger charge is -2.14. The summed E-state index contributed by atoms with van der Waals surface area (Å²) < 4.78 is 0. The average Bonchev–Trinajstić information content (AvgIpc) is 2.34. The molecule has 0 aliphatic heterocycles. The second-order valence-electron chi connectivity index (χ2n) is 4.56. The van der Waals surface area contributed by atoms with Crippen molar-refractivity contribution >= 4 is 35.2 Å². The van der Waals surface area contributed by atoms with Crippen LogP contribution in [0.15, 0.2) is 24.3 Å². The maximum Gasteiger partial charge on any atom is 0.244 e. The number of carbonyl (C=O) groups is 1. The van der Waals surface area contributed by atoms with Crippen LogP contribution in [0.25, 0.3) is 6.08 Å². The van der Waals surface area contributed by atoms with Crippen LogP contribution >= 0.6 is 23.2 Å². The number of rotatable bonds is 5. The first-order valence-electron chi connectivity index (χ1n) is 5.99. The molecule has 0 radical (unpaired) electrons. The quantitative estimate of drug-likeness (QED) is 0.821. The molecule has 0 aliphatic carbocycles. The standard InChI is InChI=1S/C14H17Cl2NO2/c1-9(2)13(18)8-17-14(19)6-4-10-3-5-11(15)7-12(10)16/h3-7,9,13,18H,8H2,1-2H3,(H,17,19)/b6-4+. The summed E-state index contributed by atoms with van der Waals surface area (Å²) in [6.45, 7) is 4.01. The Hall–Kier alpha value is -1.03. The Labute approximate surface area is 123 Å². The molecule has 0 aromatic heterocycles. The van der Waals surface area contributed by atoms with E-state index in [0.29, 0.717) is 15.6 Å². The number of carbonyl (C=O) groups excluding carboxylic acids is 1. The number of hydrogen-bond acceptors (Lipinski definition) is 2. The van der Waals surface area contributed by atoms with Gasteiger partial charge in [0.25, 0.3) is 0 Å². The van der Waals surface area contributed by atoms with Gasteiger partial charge in [-0.2, -0.15) is 0 Å². The Bertz CT molecular complexity index is 473. The third-order valence-electron chi connectivity index (χ3n) is 2.63. The molecule has 1 unspecified atom stereocenters. The normalized spacial score (nSPS) is 12.9. The molecule has 19 heavy (non-hydrogen) atoms. The molecule has 1 aromatic rings. The molecule has 1 aromatic carbocycles. The van der Waals surface area contributed by atoms with Crippen LogP contribution in [0, 0.1) is 5.92 Å². The molecular weight excluding hydrogens is 285 g/mol. The summed E-state index contributed by atoms with van der Waals surface area (Å²) in [6.07, 6.45) is 2.44. The summed E-state index contributed by atoms with van der Waals surface area (Å²) in [6, 6.07) is 5.05. The average molecular weight is 302 g/mol. The molecule has 0 saturated heterocycles. The van der Waals surface area contributed by atoms with Crippen molar-refractivity contribution in [3.8, 4) is 0 Å². The van der Waals surface area contributed by atoms with Crippen LogP contribution in [-0.4, -0.2) is 23.7 Å². The second kappa shape index (κ2) is 7.53. The Balaban J connectivity index is 2.54. The highest BCUT2D eigenvalue weighted by molar-refractivity contribution is 6.35. The van der Waals surface area contributed by atoms with E-state index < -0.39 is 6.10 Å². The lowest BCUT2D eigenvalue weighted by molar-refractivity contribution is -0.117. The van der Waals surface area contributed by atoms with Crippen molar-refractivity contribution in [1.29, 1.82) is 0 Å². The van der Waals surface area contributed by atoms with E-state index >= 15 is 0 Å². The fourth-order valence-electron chi connectivity index (χ4n) is 1.30. The lowest BCUT2D eigenvalue weighted by atomic mass is 10.1. The molecular formula is C14H17Cl2NO2. The molecule has 0 heterocycles. The Kier molecular flexibility index (Phi) is 6.35. The van der Waals surface area contributed by atoms with Crippen LogP contribution in [0.5, 0.6) is 0 Å². The summed E-state index contributed by atoms with van der Waals surface area (Å²) in [5.74, 6) is -0.166. The van der Waals surface area contributed by atoms with E-state index in [0.717, 1.165) is 0 Å². The van der Waals surface area contributed by atoms with E-state index in [-0.39, 0.29) is 18.4 Å². The lowest BCUT2D eigenvalue weighted by Crippen LogP contribution is -2.33. The highest BCUT2D eigenvalue weighted by Gasteiger charge is 2.09. The van der Waals surface area contributed by atoms with Gasteiger partial charge in [0.15, 0.2) is 0 Å². The first-order valence-corrected chi connectivity index (χ1v) is 6.74. The molecule has 2 N–H and O–H groups in total. The Morgan fingerprint density at radius 2 is 2.11 bits per heavy atom. The molecule has 1 atom stereocenters. The van der Waals surface area contributed by atoms with E-state index in [1.165, 1.54) is 6.08 Å². The van der Waals surface area contributed by atoms with Crippen molar-refractivity contribution in [3.63, 3.8) is 0 Å². The topological polar surface area (TPSA) is 49.3 Å². The summed E-state index contributed by atoms with van der Waals surface area (Å²) in [7, 11) is 0. The van der Waals surface area contributed by atoms with Gasteiger partial charge >= 0.3 is 0 Å². The fourth-order valence-corrected chi connectivity index (χ4v) is 1.77. The third kappa shape index (κ3) is 5.64. The summed E-state index contributed by atoms with van der Waals surface area (Å²) in [5.41, 5.74) is 0.714. The first kappa shape index (κ1) is 16.0. The van der Waals surface area contributed by atoms with Gasteiger partial charge in [0.2, 0.25) is 5.91 Å². The number of halogens is 2. The predicted octanol–water partition coefficient (Wildman–Crippen LogP) is 3.14. The number of aliphatic hydroxyl groups is 1. The molecule has 104 valence electrons. The van der Waals surface area contributed by atoms with E-state index in [4.69, 9.17) is 23.2 Å². The van der Waals surface area contributed by atoms with E-state index in [9.17, 15) is 9.90 Å². The summed E-state index contributed by atoms with van der Waals surface area (Å²) in [4.78, 5) is 11.5. The van der Waals surface area contributed by atoms with Crippen molar-refractivity contribution in [1.82, 2.24) is 5.32 Å². The maximum atomic E-state index is 11.5. The zero-order chi connectivity index (χ0) is 14.4. The largest absolute Gasteiger partial charge is 0.391 e. The molecule has 1 rings (SSSR count).